The van der Waals surface area contributed by atoms with Crippen molar-refractivity contribution in [2.45, 2.75) is 51.0 Å². The molecule has 1 aromatic heterocycles. The largest absolute Gasteiger partial charge is 0.341 e. The first-order valence-corrected chi connectivity index (χ1v) is 16.3. The van der Waals surface area contributed by atoms with Gasteiger partial charge in [0.15, 0.2) is 0 Å². The maximum Gasteiger partial charge on any atom is 0.258 e. The summed E-state index contributed by atoms with van der Waals surface area (Å²) in [6.45, 7) is 2.17. The fourth-order valence-corrected chi connectivity index (χ4v) is 6.86. The lowest BCUT2D eigenvalue weighted by Gasteiger charge is -2.34. The molecule has 1 saturated carbocycles. The van der Waals surface area contributed by atoms with E-state index in [2.05, 4.69) is 5.32 Å². The molecule has 10 heteroatoms. The van der Waals surface area contributed by atoms with Gasteiger partial charge in [-0.15, -0.1) is 0 Å². The molecule has 0 spiro atoms. The molecule has 1 N–H and O–H groups in total. The van der Waals surface area contributed by atoms with E-state index >= 15 is 0 Å². The number of benzene rings is 2. The van der Waals surface area contributed by atoms with E-state index in [4.69, 9.17) is 13.0 Å². The smallest absolute Gasteiger partial charge is 0.258 e. The van der Waals surface area contributed by atoms with E-state index in [1.807, 2.05) is 11.0 Å². The van der Waals surface area contributed by atoms with Crippen LogP contribution in [0.25, 0.3) is 10.9 Å². The number of aromatic nitrogens is 1. The third-order valence-electron chi connectivity index (χ3n) is 8.11. The third kappa shape index (κ3) is 6.53. The maximum atomic E-state index is 13.9. The van der Waals surface area contributed by atoms with Crippen LogP contribution in [0, 0.1) is 5.92 Å². The Morgan fingerprint density at radius 3 is 2.42 bits per heavy atom. The van der Waals surface area contributed by atoms with E-state index in [0.29, 0.717) is 36.1 Å². The molecule has 2 fully saturated rings. The molecule has 2 amide bonds. The highest BCUT2D eigenvalue weighted by Crippen LogP contribution is 2.29. The Morgan fingerprint density at radius 2 is 1.75 bits per heavy atom. The van der Waals surface area contributed by atoms with Gasteiger partial charge in [0.1, 0.15) is 6.54 Å². The Balaban J connectivity index is 1.31. The summed E-state index contributed by atoms with van der Waals surface area (Å²) in [5.74, 6) is -0.0284. The summed E-state index contributed by atoms with van der Waals surface area (Å²) < 4.78 is 33.8. The number of nitrogens with one attached hydrogen (secondary N) is 1. The molecule has 5 rings (SSSR count). The molecule has 0 atom stereocenters. The van der Waals surface area contributed by atoms with Crippen molar-refractivity contribution >= 4 is 50.0 Å². The first-order valence-electron chi connectivity index (χ1n) is 14.5. The zero-order chi connectivity index (χ0) is 29.1. The molecule has 2 aromatic carbocycles. The highest BCUT2D eigenvalue weighted by Gasteiger charge is 2.28. The number of carbonyl (C=O) groups is 2. The molecule has 214 valence electrons. The van der Waals surface area contributed by atoms with Gasteiger partial charge in [0.25, 0.3) is 5.91 Å². The number of piperidine rings is 1. The van der Waals surface area contributed by atoms with Crippen LogP contribution in [0.5, 0.6) is 0 Å². The average Bonchev–Trinajstić information content (AvgIpc) is 3.24. The average molecular weight is 586 g/mol. The summed E-state index contributed by atoms with van der Waals surface area (Å²) in [6, 6.07) is 14.1. The summed E-state index contributed by atoms with van der Waals surface area (Å²) >= 11 is 6.25. The Labute approximate surface area is 242 Å². The number of hydrogen-bond donors (Lipinski definition) is 1. The molecule has 1 aliphatic carbocycles. The second-order valence-electron chi connectivity index (χ2n) is 11.0. The molecule has 2 aliphatic rings. The minimum atomic E-state index is -3.85. The van der Waals surface area contributed by atoms with Crippen molar-refractivity contribution in [3.05, 3.63) is 65.3 Å². The summed E-state index contributed by atoms with van der Waals surface area (Å²) in [4.78, 5) is 30.6. The number of halogens is 1. The number of rotatable bonds is 8. The van der Waals surface area contributed by atoms with Crippen molar-refractivity contribution in [2.24, 2.45) is 5.92 Å². The molecule has 3 aromatic rings. The van der Waals surface area contributed by atoms with Gasteiger partial charge in [0.2, 0.25) is 15.9 Å². The van der Waals surface area contributed by atoms with Crippen molar-refractivity contribution in [1.29, 1.82) is 0 Å². The molecule has 0 radical (unpaired) electrons. The van der Waals surface area contributed by atoms with Crippen molar-refractivity contribution in [1.82, 2.24) is 14.2 Å². The van der Waals surface area contributed by atoms with Gasteiger partial charge in [-0.2, -0.15) is 0 Å². The van der Waals surface area contributed by atoms with E-state index < -0.39 is 15.9 Å². The quantitative estimate of drug-likeness (QED) is 0.406. The molecular weight excluding hydrogens is 548 g/mol. The number of nitrogens with zero attached hydrogens (tertiary/aromatic N) is 3. The van der Waals surface area contributed by atoms with Gasteiger partial charge in [0.05, 0.1) is 18.2 Å². The Hall–Kier alpha value is -2.88. The van der Waals surface area contributed by atoms with Gasteiger partial charge in [0, 0.05) is 41.9 Å². The molecule has 1 aliphatic heterocycles. The Morgan fingerprint density at radius 1 is 1.05 bits per heavy atom. The van der Waals surface area contributed by atoms with Crippen LogP contribution in [0.4, 0.5) is 5.69 Å². The lowest BCUT2D eigenvalue weighted by molar-refractivity contribution is -0.131. The highest BCUT2D eigenvalue weighted by atomic mass is 35.5. The van der Waals surface area contributed by atoms with Crippen LogP contribution in [0.15, 0.2) is 54.7 Å². The SMILES string of the molecule is [2H]c1c(Cl)c2ccc(C(=O)N(CC(=O)N3CCC(CNC4CCCCC4)CC3)c3ccccc3)cc2n1S(C)(=O)=O. The van der Waals surface area contributed by atoms with Crippen molar-refractivity contribution < 1.29 is 19.4 Å². The van der Waals surface area contributed by atoms with Gasteiger partial charge in [-0.05, 0) is 62.4 Å². The molecule has 40 heavy (non-hydrogen) atoms. The maximum absolute atomic E-state index is 13.9. The summed E-state index contributed by atoms with van der Waals surface area (Å²) in [7, 11) is -3.85. The Bertz CT molecular complexity index is 1510. The number of anilines is 1. The van der Waals surface area contributed by atoms with Gasteiger partial charge in [-0.1, -0.05) is 55.1 Å². The summed E-state index contributed by atoms with van der Waals surface area (Å²) in [5.41, 5.74) is 0.910. The summed E-state index contributed by atoms with van der Waals surface area (Å²) in [5, 5.41) is 4.10. The molecule has 0 unspecified atom stereocenters. The zero-order valence-corrected chi connectivity index (χ0v) is 24.4. The van der Waals surface area contributed by atoms with Crippen LogP contribution in [-0.4, -0.2) is 67.6 Å². The van der Waals surface area contributed by atoms with E-state index in [0.717, 1.165) is 29.6 Å². The standard InChI is InChI=1S/C30H37ClN4O4S/c1-40(38,39)35-20-27(31)26-13-12-23(18-28(26)35)30(37)34(25-10-6-3-7-11-25)21-29(36)33-16-14-22(15-17-33)19-32-24-8-4-2-5-9-24/h3,6-7,10-13,18,20,22,24,32H,2,4-5,8-9,14-17,19,21H2,1H3/i20D. The third-order valence-corrected chi connectivity index (χ3v) is 9.34. The lowest BCUT2D eigenvalue weighted by atomic mass is 9.93. The van der Waals surface area contributed by atoms with Crippen molar-refractivity contribution in [3.8, 4) is 0 Å². The molecule has 1 saturated heterocycles. The van der Waals surface area contributed by atoms with Crippen LogP contribution in [0.2, 0.25) is 5.02 Å². The van der Waals surface area contributed by atoms with Crippen molar-refractivity contribution in [3.63, 3.8) is 0 Å². The Kier molecular flexibility index (Phi) is 8.41. The second kappa shape index (κ2) is 12.3. The topological polar surface area (TPSA) is 91.7 Å². The predicted molar refractivity (Wildman–Crippen MR) is 159 cm³/mol. The number of likely N-dealkylation sites (tertiary alicyclic amines) is 1. The molecule has 0 bridgehead atoms. The number of carbonyl (C=O) groups excluding carboxylic acids is 2. The van der Waals surface area contributed by atoms with Gasteiger partial charge in [-0.3, -0.25) is 14.5 Å². The van der Waals surface area contributed by atoms with Crippen LogP contribution in [0.1, 0.15) is 56.7 Å². The second-order valence-corrected chi connectivity index (χ2v) is 13.2. The molecular formula is C30H37ClN4O4S. The first kappa shape index (κ1) is 27.3. The van der Waals surface area contributed by atoms with Crippen LogP contribution >= 0.6 is 11.6 Å². The number of hydrogen-bond acceptors (Lipinski definition) is 5. The highest BCUT2D eigenvalue weighted by molar-refractivity contribution is 7.89. The normalized spacial score (nSPS) is 17.6. The van der Waals surface area contributed by atoms with Crippen LogP contribution in [0.3, 0.4) is 0 Å². The van der Waals surface area contributed by atoms with E-state index in [1.54, 1.807) is 36.4 Å². The zero-order valence-electron chi connectivity index (χ0n) is 23.8. The van der Waals surface area contributed by atoms with Gasteiger partial charge < -0.3 is 10.2 Å². The van der Waals surface area contributed by atoms with Crippen LogP contribution in [-0.2, 0) is 14.8 Å². The summed E-state index contributed by atoms with van der Waals surface area (Å²) in [6.07, 6.45) is 8.94. The lowest BCUT2D eigenvalue weighted by Crippen LogP contribution is -2.47. The predicted octanol–water partition coefficient (Wildman–Crippen LogP) is 4.91. The number of amides is 2. The number of fused-ring (bicyclic) bond motifs is 1. The van der Waals surface area contributed by atoms with Crippen molar-refractivity contribution in [2.75, 3.05) is 37.3 Å². The minimum Gasteiger partial charge on any atom is -0.341 e. The fraction of sp³-hybridized carbons (Fsp3) is 0.467. The van der Waals surface area contributed by atoms with E-state index in [9.17, 15) is 18.0 Å². The van der Waals surface area contributed by atoms with Gasteiger partial charge in [-0.25, -0.2) is 12.4 Å². The van der Waals surface area contributed by atoms with E-state index in [1.165, 1.54) is 43.1 Å². The molecule has 8 nitrogen and oxygen atoms in total. The van der Waals surface area contributed by atoms with Crippen LogP contribution < -0.4 is 10.2 Å². The fourth-order valence-electron chi connectivity index (χ4n) is 5.80. The first-order chi connectivity index (χ1) is 19.6. The molecule has 2 heterocycles. The van der Waals surface area contributed by atoms with Gasteiger partial charge >= 0.3 is 0 Å². The number of para-hydroxylation sites is 1. The van der Waals surface area contributed by atoms with E-state index in [-0.39, 0.29) is 34.7 Å². The monoisotopic (exact) mass is 585 g/mol. The minimum absolute atomic E-state index is 0.00291.